The molecule has 1 aromatic carbocycles. The molecule has 0 aliphatic carbocycles. The lowest BCUT2D eigenvalue weighted by atomic mass is 9.86. The molecule has 1 N–H and O–H groups in total. The summed E-state index contributed by atoms with van der Waals surface area (Å²) < 4.78 is 13.4. The van der Waals surface area contributed by atoms with Gasteiger partial charge in [0.1, 0.15) is 5.82 Å². The Bertz CT molecular complexity index is 441. The van der Waals surface area contributed by atoms with Crippen LogP contribution in [-0.4, -0.2) is 13.1 Å². The van der Waals surface area contributed by atoms with Crippen molar-refractivity contribution in [3.8, 4) is 0 Å². The monoisotopic (exact) mass is 299 g/mol. The summed E-state index contributed by atoms with van der Waals surface area (Å²) >= 11 is 6.12. The minimum Gasteiger partial charge on any atom is -0.316 e. The zero-order valence-corrected chi connectivity index (χ0v) is 14.1. The molecule has 0 aromatic heterocycles. The molecule has 0 aliphatic rings. The van der Waals surface area contributed by atoms with Gasteiger partial charge in [0.2, 0.25) is 0 Å². The van der Waals surface area contributed by atoms with Crippen molar-refractivity contribution in [1.82, 2.24) is 5.32 Å². The van der Waals surface area contributed by atoms with Crippen molar-refractivity contribution >= 4 is 11.6 Å². The van der Waals surface area contributed by atoms with Gasteiger partial charge in [0, 0.05) is 11.6 Å². The minimum atomic E-state index is -0.225. The van der Waals surface area contributed by atoms with Gasteiger partial charge in [0.15, 0.2) is 0 Å². The Hall–Kier alpha value is -0.600. The molecule has 0 spiro atoms. The van der Waals surface area contributed by atoms with E-state index < -0.39 is 0 Å². The maximum atomic E-state index is 13.4. The smallest absolute Gasteiger partial charge is 0.127 e. The second-order valence-corrected chi connectivity index (χ2v) is 7.29. The molecule has 3 heteroatoms. The van der Waals surface area contributed by atoms with Crippen LogP contribution >= 0.6 is 11.6 Å². The summed E-state index contributed by atoms with van der Waals surface area (Å²) in [6.45, 7) is 12.7. The SMILES string of the molecule is Cc1cc(CCC(C)(C)CNCC(C)C)c(Cl)cc1F. The van der Waals surface area contributed by atoms with Crippen molar-refractivity contribution in [1.29, 1.82) is 0 Å². The van der Waals surface area contributed by atoms with Crippen molar-refractivity contribution in [2.24, 2.45) is 11.3 Å². The Morgan fingerprint density at radius 3 is 2.55 bits per heavy atom. The third-order valence-electron chi connectivity index (χ3n) is 3.55. The molecule has 20 heavy (non-hydrogen) atoms. The van der Waals surface area contributed by atoms with Crippen LogP contribution < -0.4 is 5.32 Å². The average Bonchev–Trinajstić information content (AvgIpc) is 2.31. The van der Waals surface area contributed by atoms with Gasteiger partial charge in [-0.1, -0.05) is 45.4 Å². The molecular formula is C17H27ClFN. The lowest BCUT2D eigenvalue weighted by molar-refractivity contribution is 0.308. The van der Waals surface area contributed by atoms with Crippen LogP contribution in [0.1, 0.15) is 45.2 Å². The van der Waals surface area contributed by atoms with Crippen molar-refractivity contribution in [2.75, 3.05) is 13.1 Å². The van der Waals surface area contributed by atoms with Gasteiger partial charge in [-0.2, -0.15) is 0 Å². The van der Waals surface area contributed by atoms with E-state index in [4.69, 9.17) is 11.6 Å². The highest BCUT2D eigenvalue weighted by molar-refractivity contribution is 6.31. The van der Waals surface area contributed by atoms with Gasteiger partial charge in [-0.3, -0.25) is 0 Å². The van der Waals surface area contributed by atoms with E-state index in [-0.39, 0.29) is 11.2 Å². The molecule has 114 valence electrons. The van der Waals surface area contributed by atoms with E-state index in [1.807, 2.05) is 6.07 Å². The molecule has 0 aliphatic heterocycles. The van der Waals surface area contributed by atoms with Crippen molar-refractivity contribution < 1.29 is 4.39 Å². The molecule has 0 unspecified atom stereocenters. The number of benzene rings is 1. The molecule has 0 radical (unpaired) electrons. The van der Waals surface area contributed by atoms with Gasteiger partial charge in [0.25, 0.3) is 0 Å². The number of rotatable bonds is 7. The molecule has 0 saturated carbocycles. The summed E-state index contributed by atoms with van der Waals surface area (Å²) in [6, 6.07) is 3.30. The molecular weight excluding hydrogens is 273 g/mol. The summed E-state index contributed by atoms with van der Waals surface area (Å²) in [7, 11) is 0. The summed E-state index contributed by atoms with van der Waals surface area (Å²) in [5.41, 5.74) is 1.92. The molecule has 1 nitrogen and oxygen atoms in total. The van der Waals surface area contributed by atoms with Crippen LogP contribution in [-0.2, 0) is 6.42 Å². The quantitative estimate of drug-likeness (QED) is 0.748. The molecule has 0 fully saturated rings. The summed E-state index contributed by atoms with van der Waals surface area (Å²) in [4.78, 5) is 0. The Morgan fingerprint density at radius 2 is 1.95 bits per heavy atom. The lowest BCUT2D eigenvalue weighted by Gasteiger charge is -2.26. The minimum absolute atomic E-state index is 0.209. The van der Waals surface area contributed by atoms with Gasteiger partial charge in [0.05, 0.1) is 0 Å². The fraction of sp³-hybridized carbons (Fsp3) is 0.647. The van der Waals surface area contributed by atoms with E-state index >= 15 is 0 Å². The predicted octanol–water partition coefficient (Wildman–Crippen LogP) is 4.99. The standard InChI is InChI=1S/C17H27ClFN/c1-12(2)10-20-11-17(4,5)7-6-14-8-13(3)16(19)9-15(14)18/h8-9,12,20H,6-7,10-11H2,1-5H3. The van der Waals surface area contributed by atoms with E-state index in [0.717, 1.165) is 31.5 Å². The first-order valence-electron chi connectivity index (χ1n) is 7.36. The third-order valence-corrected chi connectivity index (χ3v) is 3.91. The van der Waals surface area contributed by atoms with Crippen LogP contribution in [0.25, 0.3) is 0 Å². The Balaban J connectivity index is 2.55. The van der Waals surface area contributed by atoms with Crippen LogP contribution in [0.15, 0.2) is 12.1 Å². The fourth-order valence-corrected chi connectivity index (χ4v) is 2.41. The third kappa shape index (κ3) is 5.80. The van der Waals surface area contributed by atoms with Gasteiger partial charge in [-0.15, -0.1) is 0 Å². The van der Waals surface area contributed by atoms with Crippen molar-refractivity contribution in [3.05, 3.63) is 34.1 Å². The van der Waals surface area contributed by atoms with Gasteiger partial charge in [-0.25, -0.2) is 4.39 Å². The molecule has 0 heterocycles. The number of nitrogens with one attached hydrogen (secondary N) is 1. The van der Waals surface area contributed by atoms with E-state index in [9.17, 15) is 4.39 Å². The maximum Gasteiger partial charge on any atom is 0.127 e. The zero-order valence-electron chi connectivity index (χ0n) is 13.3. The molecule has 1 aromatic rings. The normalized spacial score (nSPS) is 12.2. The Morgan fingerprint density at radius 1 is 1.30 bits per heavy atom. The zero-order chi connectivity index (χ0) is 15.3. The molecule has 0 amide bonds. The van der Waals surface area contributed by atoms with Crippen LogP contribution in [0.4, 0.5) is 4.39 Å². The topological polar surface area (TPSA) is 12.0 Å². The lowest BCUT2D eigenvalue weighted by Crippen LogP contribution is -2.32. The largest absolute Gasteiger partial charge is 0.316 e. The Labute approximate surface area is 127 Å². The average molecular weight is 300 g/mol. The maximum absolute atomic E-state index is 13.4. The first-order valence-corrected chi connectivity index (χ1v) is 7.74. The number of halogens is 2. The van der Waals surface area contributed by atoms with Crippen molar-refractivity contribution in [3.63, 3.8) is 0 Å². The first kappa shape index (κ1) is 17.5. The summed E-state index contributed by atoms with van der Waals surface area (Å²) in [5, 5.41) is 4.04. The molecule has 0 saturated heterocycles. The molecule has 1 rings (SSSR count). The summed E-state index contributed by atoms with van der Waals surface area (Å²) in [6.07, 6.45) is 1.92. The van der Waals surface area contributed by atoms with E-state index in [1.165, 1.54) is 6.07 Å². The second kappa shape index (κ2) is 7.42. The van der Waals surface area contributed by atoms with Gasteiger partial charge in [-0.05, 0) is 54.8 Å². The van der Waals surface area contributed by atoms with E-state index in [2.05, 4.69) is 33.0 Å². The van der Waals surface area contributed by atoms with E-state index in [1.54, 1.807) is 6.92 Å². The predicted molar refractivity (Wildman–Crippen MR) is 86.0 cm³/mol. The van der Waals surface area contributed by atoms with Gasteiger partial charge < -0.3 is 5.32 Å². The highest BCUT2D eigenvalue weighted by atomic mass is 35.5. The number of hydrogen-bond acceptors (Lipinski definition) is 1. The van der Waals surface area contributed by atoms with Crippen LogP contribution in [0.3, 0.4) is 0 Å². The second-order valence-electron chi connectivity index (χ2n) is 6.88. The van der Waals surface area contributed by atoms with Crippen molar-refractivity contribution in [2.45, 2.75) is 47.5 Å². The van der Waals surface area contributed by atoms with Crippen LogP contribution in [0, 0.1) is 24.1 Å². The first-order chi connectivity index (χ1) is 9.21. The van der Waals surface area contributed by atoms with Crippen LogP contribution in [0.5, 0.6) is 0 Å². The Kier molecular flexibility index (Phi) is 6.47. The highest BCUT2D eigenvalue weighted by Gasteiger charge is 2.18. The number of hydrogen-bond donors (Lipinski definition) is 1. The van der Waals surface area contributed by atoms with E-state index in [0.29, 0.717) is 16.5 Å². The highest BCUT2D eigenvalue weighted by Crippen LogP contribution is 2.27. The summed E-state index contributed by atoms with van der Waals surface area (Å²) in [5.74, 6) is 0.441. The van der Waals surface area contributed by atoms with Crippen LogP contribution in [0.2, 0.25) is 5.02 Å². The molecule has 0 atom stereocenters. The number of aryl methyl sites for hydroxylation is 2. The molecule has 0 bridgehead atoms. The fourth-order valence-electron chi connectivity index (χ4n) is 2.17. The van der Waals surface area contributed by atoms with Gasteiger partial charge >= 0.3 is 0 Å².